The van der Waals surface area contributed by atoms with Crippen molar-refractivity contribution in [1.29, 1.82) is 0 Å². The zero-order valence-corrected chi connectivity index (χ0v) is 8.90. The predicted molar refractivity (Wildman–Crippen MR) is 61.3 cm³/mol. The van der Waals surface area contributed by atoms with Crippen molar-refractivity contribution in [2.24, 2.45) is 0 Å². The largest absolute Gasteiger partial charge is 0.475 e. The number of carboxylic acids is 1. The second-order valence-electron chi connectivity index (χ2n) is 3.08. The Morgan fingerprint density at radius 3 is 2.94 bits per heavy atom. The molecular formula is C11H7NO3S. The quantitative estimate of drug-likeness (QED) is 0.650. The van der Waals surface area contributed by atoms with E-state index in [1.54, 1.807) is 11.6 Å². The molecular weight excluding hydrogens is 226 g/mol. The number of rotatable bonds is 3. The van der Waals surface area contributed by atoms with Gasteiger partial charge in [0, 0.05) is 0 Å². The molecule has 16 heavy (non-hydrogen) atoms. The van der Waals surface area contributed by atoms with Crippen molar-refractivity contribution in [2.45, 2.75) is 0 Å². The standard InChI is InChI=1S/C11H7NO3S/c13-9(11(14)15)3-1-7-2-4-10-8(5-7)12-6-16-10/h1-6H,(H,14,15). The maximum absolute atomic E-state index is 10.8. The van der Waals surface area contributed by atoms with Crippen LogP contribution >= 0.6 is 11.3 Å². The lowest BCUT2D eigenvalue weighted by Gasteiger charge is -1.92. The Kier molecular flexibility index (Phi) is 2.78. The molecule has 1 N–H and O–H groups in total. The molecule has 0 unspecified atom stereocenters. The monoisotopic (exact) mass is 233 g/mol. The molecule has 1 aromatic carbocycles. The van der Waals surface area contributed by atoms with Crippen LogP contribution in [0, 0.1) is 0 Å². The van der Waals surface area contributed by atoms with Crippen LogP contribution in [0.3, 0.4) is 0 Å². The summed E-state index contributed by atoms with van der Waals surface area (Å²) >= 11 is 1.53. The van der Waals surface area contributed by atoms with E-state index >= 15 is 0 Å². The number of ketones is 1. The van der Waals surface area contributed by atoms with E-state index in [9.17, 15) is 9.59 Å². The van der Waals surface area contributed by atoms with Crippen LogP contribution in [0.15, 0.2) is 29.8 Å². The lowest BCUT2D eigenvalue weighted by Crippen LogP contribution is -2.08. The highest BCUT2D eigenvalue weighted by molar-refractivity contribution is 7.16. The minimum atomic E-state index is -1.45. The Labute approximate surface area is 94.9 Å². The van der Waals surface area contributed by atoms with Crippen molar-refractivity contribution in [3.8, 4) is 0 Å². The second-order valence-corrected chi connectivity index (χ2v) is 3.97. The smallest absolute Gasteiger partial charge is 0.376 e. The van der Waals surface area contributed by atoms with Gasteiger partial charge in [0.25, 0.3) is 5.78 Å². The molecule has 0 spiro atoms. The van der Waals surface area contributed by atoms with Gasteiger partial charge in [0.05, 0.1) is 15.7 Å². The van der Waals surface area contributed by atoms with Gasteiger partial charge in [-0.15, -0.1) is 11.3 Å². The first-order valence-electron chi connectivity index (χ1n) is 4.45. The molecule has 0 radical (unpaired) electrons. The van der Waals surface area contributed by atoms with Gasteiger partial charge in [-0.3, -0.25) is 4.79 Å². The minimum absolute atomic E-state index is 0.757. The molecule has 5 heteroatoms. The molecule has 0 amide bonds. The van der Waals surface area contributed by atoms with E-state index in [4.69, 9.17) is 5.11 Å². The van der Waals surface area contributed by atoms with Crippen LogP contribution in [0.25, 0.3) is 16.3 Å². The maximum Gasteiger partial charge on any atom is 0.376 e. The number of aliphatic carboxylic acids is 1. The third-order valence-corrected chi connectivity index (χ3v) is 2.80. The fraction of sp³-hybridized carbons (Fsp3) is 0. The summed E-state index contributed by atoms with van der Waals surface area (Å²) in [5, 5.41) is 8.39. The van der Waals surface area contributed by atoms with Gasteiger partial charge in [0.1, 0.15) is 0 Å². The summed E-state index contributed by atoms with van der Waals surface area (Å²) in [6.07, 6.45) is 2.51. The number of carbonyl (C=O) groups is 2. The summed E-state index contributed by atoms with van der Waals surface area (Å²) in [5.41, 5.74) is 3.34. The summed E-state index contributed by atoms with van der Waals surface area (Å²) in [4.78, 5) is 25.2. The zero-order valence-electron chi connectivity index (χ0n) is 8.08. The van der Waals surface area contributed by atoms with E-state index < -0.39 is 11.8 Å². The van der Waals surface area contributed by atoms with Gasteiger partial charge < -0.3 is 5.11 Å². The number of hydrogen-bond donors (Lipinski definition) is 1. The second kappa shape index (κ2) is 4.24. The predicted octanol–water partition coefficient (Wildman–Crippen LogP) is 1.96. The highest BCUT2D eigenvalue weighted by Gasteiger charge is 2.05. The Morgan fingerprint density at radius 2 is 2.19 bits per heavy atom. The summed E-state index contributed by atoms with van der Waals surface area (Å²) in [6.45, 7) is 0. The molecule has 0 atom stereocenters. The van der Waals surface area contributed by atoms with E-state index in [0.717, 1.165) is 21.9 Å². The highest BCUT2D eigenvalue weighted by atomic mass is 32.1. The van der Waals surface area contributed by atoms with Gasteiger partial charge in [-0.05, 0) is 23.8 Å². The first-order chi connectivity index (χ1) is 7.66. The average molecular weight is 233 g/mol. The van der Waals surface area contributed by atoms with Gasteiger partial charge in [-0.2, -0.15) is 0 Å². The van der Waals surface area contributed by atoms with E-state index in [2.05, 4.69) is 4.98 Å². The number of aromatic nitrogens is 1. The summed E-state index contributed by atoms with van der Waals surface area (Å²) in [5.74, 6) is -2.38. The molecule has 0 saturated heterocycles. The van der Waals surface area contributed by atoms with Crippen LogP contribution in [0.4, 0.5) is 0 Å². The topological polar surface area (TPSA) is 67.3 Å². The fourth-order valence-corrected chi connectivity index (χ4v) is 1.88. The number of benzene rings is 1. The van der Waals surface area contributed by atoms with E-state index in [0.29, 0.717) is 0 Å². The van der Waals surface area contributed by atoms with Crippen LogP contribution in [0.2, 0.25) is 0 Å². The zero-order chi connectivity index (χ0) is 11.5. The molecule has 4 nitrogen and oxygen atoms in total. The highest BCUT2D eigenvalue weighted by Crippen LogP contribution is 2.19. The maximum atomic E-state index is 10.8. The van der Waals surface area contributed by atoms with Crippen molar-refractivity contribution in [3.05, 3.63) is 35.3 Å². The minimum Gasteiger partial charge on any atom is -0.475 e. The molecule has 80 valence electrons. The molecule has 0 aliphatic rings. The van der Waals surface area contributed by atoms with Gasteiger partial charge >= 0.3 is 5.97 Å². The number of fused-ring (bicyclic) bond motifs is 1. The molecule has 0 aliphatic heterocycles. The number of carbonyl (C=O) groups excluding carboxylic acids is 1. The van der Waals surface area contributed by atoms with Gasteiger partial charge in [0.15, 0.2) is 0 Å². The van der Waals surface area contributed by atoms with Gasteiger partial charge in [-0.1, -0.05) is 12.1 Å². The van der Waals surface area contributed by atoms with Crippen LogP contribution in [-0.2, 0) is 9.59 Å². The van der Waals surface area contributed by atoms with Crippen LogP contribution in [-0.4, -0.2) is 21.8 Å². The molecule has 1 aromatic heterocycles. The Bertz CT molecular complexity index is 586. The van der Waals surface area contributed by atoms with Crippen LogP contribution in [0.1, 0.15) is 5.56 Å². The number of thiazole rings is 1. The number of hydrogen-bond acceptors (Lipinski definition) is 4. The van der Waals surface area contributed by atoms with Crippen molar-refractivity contribution >= 4 is 39.4 Å². The number of carboxylic acid groups (broad SMARTS) is 1. The van der Waals surface area contributed by atoms with Crippen molar-refractivity contribution in [2.75, 3.05) is 0 Å². The fourth-order valence-electron chi connectivity index (χ4n) is 1.22. The van der Waals surface area contributed by atoms with E-state index in [1.165, 1.54) is 17.4 Å². The Morgan fingerprint density at radius 1 is 1.38 bits per heavy atom. The lowest BCUT2D eigenvalue weighted by atomic mass is 10.2. The first-order valence-corrected chi connectivity index (χ1v) is 5.33. The molecule has 0 fully saturated rings. The van der Waals surface area contributed by atoms with Crippen LogP contribution < -0.4 is 0 Å². The molecule has 2 rings (SSSR count). The third kappa shape index (κ3) is 2.14. The molecule has 1 heterocycles. The van der Waals surface area contributed by atoms with E-state index in [1.807, 2.05) is 12.1 Å². The van der Waals surface area contributed by atoms with Crippen molar-refractivity contribution in [1.82, 2.24) is 4.98 Å². The summed E-state index contributed by atoms with van der Waals surface area (Å²) < 4.78 is 1.06. The van der Waals surface area contributed by atoms with Crippen molar-refractivity contribution < 1.29 is 14.7 Å². The van der Waals surface area contributed by atoms with Crippen LogP contribution in [0.5, 0.6) is 0 Å². The molecule has 0 saturated carbocycles. The van der Waals surface area contributed by atoms with Gasteiger partial charge in [0.2, 0.25) is 0 Å². The average Bonchev–Trinajstić information content (AvgIpc) is 2.72. The summed E-state index contributed by atoms with van der Waals surface area (Å²) in [6, 6.07) is 5.50. The normalized spacial score (nSPS) is 11.0. The lowest BCUT2D eigenvalue weighted by molar-refractivity contribution is -0.146. The molecule has 2 aromatic rings. The SMILES string of the molecule is O=C(O)C(=O)C=Cc1ccc2scnc2c1. The first kappa shape index (κ1) is 10.5. The Balaban J connectivity index is 2.27. The molecule has 0 bridgehead atoms. The third-order valence-electron chi connectivity index (χ3n) is 1.99. The molecule has 0 aliphatic carbocycles. The summed E-state index contributed by atoms with van der Waals surface area (Å²) in [7, 11) is 0. The van der Waals surface area contributed by atoms with Gasteiger partial charge in [-0.25, -0.2) is 9.78 Å². The van der Waals surface area contributed by atoms with Crippen molar-refractivity contribution in [3.63, 3.8) is 0 Å². The number of nitrogens with zero attached hydrogens (tertiary/aromatic N) is 1. The van der Waals surface area contributed by atoms with E-state index in [-0.39, 0.29) is 0 Å². The Hall–Kier alpha value is -2.01.